The normalized spacial score (nSPS) is 18.8. The van der Waals surface area contributed by atoms with Gasteiger partial charge in [0.25, 0.3) is 0 Å². The molecular weight excluding hydrogens is 559 g/mol. The summed E-state index contributed by atoms with van der Waals surface area (Å²) in [4.78, 5) is 40.8. The van der Waals surface area contributed by atoms with Crippen LogP contribution < -0.4 is 10.2 Å². The van der Waals surface area contributed by atoms with Crippen LogP contribution in [-0.2, 0) is 19.8 Å². The van der Waals surface area contributed by atoms with Gasteiger partial charge in [-0.2, -0.15) is 0 Å². The van der Waals surface area contributed by atoms with E-state index in [1.807, 2.05) is 18.2 Å². The zero-order chi connectivity index (χ0) is 29.5. The number of carboxylic acid groups (broad SMARTS) is 1. The molecule has 2 aliphatic rings. The van der Waals surface area contributed by atoms with E-state index >= 15 is 0 Å². The molecule has 1 amide bonds. The number of halogens is 2. The van der Waals surface area contributed by atoms with E-state index in [1.54, 1.807) is 24.3 Å². The van der Waals surface area contributed by atoms with Crippen molar-refractivity contribution in [1.29, 1.82) is 0 Å². The van der Waals surface area contributed by atoms with Crippen LogP contribution in [0.25, 0.3) is 0 Å². The summed E-state index contributed by atoms with van der Waals surface area (Å²) in [7, 11) is 0. The van der Waals surface area contributed by atoms with Gasteiger partial charge >= 0.3 is 5.97 Å². The molecule has 0 fully saturated rings. The lowest BCUT2D eigenvalue weighted by Crippen LogP contribution is -2.38. The first-order chi connectivity index (χ1) is 19.4. The van der Waals surface area contributed by atoms with E-state index in [-0.39, 0.29) is 36.4 Å². The number of para-hydroxylation sites is 2. The highest BCUT2D eigenvalue weighted by molar-refractivity contribution is 6.35. The number of rotatable bonds is 5. The molecule has 212 valence electrons. The van der Waals surface area contributed by atoms with Crippen LogP contribution in [0.15, 0.2) is 78.0 Å². The molecule has 8 heteroatoms. The first kappa shape index (κ1) is 28.9. The molecule has 3 aromatic rings. The third kappa shape index (κ3) is 5.90. The first-order valence-electron chi connectivity index (χ1n) is 13.7. The molecule has 0 saturated heterocycles. The summed E-state index contributed by atoms with van der Waals surface area (Å²) >= 11 is 12.9. The van der Waals surface area contributed by atoms with E-state index in [0.29, 0.717) is 39.0 Å². The smallest absolute Gasteiger partial charge is 0.303 e. The third-order valence-corrected chi connectivity index (χ3v) is 8.38. The van der Waals surface area contributed by atoms with E-state index in [4.69, 9.17) is 23.2 Å². The van der Waals surface area contributed by atoms with Crippen molar-refractivity contribution in [3.05, 3.63) is 105 Å². The van der Waals surface area contributed by atoms with E-state index < -0.39 is 17.9 Å². The van der Waals surface area contributed by atoms with Crippen LogP contribution in [0.3, 0.4) is 0 Å². The number of amides is 1. The monoisotopic (exact) mass is 590 g/mol. The van der Waals surface area contributed by atoms with E-state index in [9.17, 15) is 19.5 Å². The average Bonchev–Trinajstić information content (AvgIpc) is 3.06. The van der Waals surface area contributed by atoms with Gasteiger partial charge in [0.2, 0.25) is 5.91 Å². The lowest BCUT2D eigenvalue weighted by atomic mass is 9.77. The van der Waals surface area contributed by atoms with Crippen LogP contribution in [-0.4, -0.2) is 22.8 Å². The van der Waals surface area contributed by atoms with Gasteiger partial charge in [0.15, 0.2) is 5.78 Å². The summed E-state index contributed by atoms with van der Waals surface area (Å²) in [5, 5.41) is 13.5. The number of fused-ring (bicyclic) bond motifs is 1. The summed E-state index contributed by atoms with van der Waals surface area (Å²) in [6, 6.07) is 19.9. The van der Waals surface area contributed by atoms with Gasteiger partial charge in [-0.05, 0) is 58.7 Å². The summed E-state index contributed by atoms with van der Waals surface area (Å²) < 4.78 is 0. The summed E-state index contributed by atoms with van der Waals surface area (Å²) in [5.41, 5.74) is 5.25. The molecule has 1 aliphatic carbocycles. The fraction of sp³-hybridized carbons (Fsp3) is 0.303. The molecule has 0 saturated carbocycles. The van der Waals surface area contributed by atoms with Crippen molar-refractivity contribution in [2.75, 3.05) is 10.2 Å². The SMILES string of the molecule is CC(C)(C)c1ccc([C@@H]2CC(=O)C3=C(C2)Nc2ccccc2N(C(=O)CCC(=O)O)[C@@H]3c2ccc(Cl)cc2Cl)cc1. The van der Waals surface area contributed by atoms with Crippen molar-refractivity contribution >= 4 is 52.2 Å². The highest BCUT2D eigenvalue weighted by Crippen LogP contribution is 2.49. The van der Waals surface area contributed by atoms with E-state index in [2.05, 4.69) is 50.4 Å². The number of nitrogens with zero attached hydrogens (tertiary/aromatic N) is 1. The average molecular weight is 592 g/mol. The highest BCUT2D eigenvalue weighted by Gasteiger charge is 2.42. The molecule has 6 nitrogen and oxygen atoms in total. The van der Waals surface area contributed by atoms with Gasteiger partial charge < -0.3 is 10.4 Å². The van der Waals surface area contributed by atoms with Gasteiger partial charge in [-0.25, -0.2) is 0 Å². The molecule has 0 aromatic heterocycles. The summed E-state index contributed by atoms with van der Waals surface area (Å²) in [6.07, 6.45) is 0.261. The van der Waals surface area contributed by atoms with Crippen molar-refractivity contribution in [1.82, 2.24) is 0 Å². The third-order valence-electron chi connectivity index (χ3n) is 7.82. The fourth-order valence-corrected chi connectivity index (χ4v) is 6.22. The Bertz CT molecular complexity index is 1560. The Balaban J connectivity index is 1.66. The Morgan fingerprint density at radius 1 is 0.976 bits per heavy atom. The number of aliphatic carboxylic acids is 1. The van der Waals surface area contributed by atoms with Gasteiger partial charge in [0.1, 0.15) is 0 Å². The predicted octanol–water partition coefficient (Wildman–Crippen LogP) is 8.06. The number of benzene rings is 3. The van der Waals surface area contributed by atoms with Gasteiger partial charge in [-0.3, -0.25) is 19.3 Å². The number of ketones is 1. The number of allylic oxidation sites excluding steroid dienone is 1. The summed E-state index contributed by atoms with van der Waals surface area (Å²) in [5.74, 6) is -1.64. The van der Waals surface area contributed by atoms with E-state index in [0.717, 1.165) is 11.3 Å². The lowest BCUT2D eigenvalue weighted by Gasteiger charge is -2.35. The second-order valence-corrected chi connectivity index (χ2v) is 12.5. The van der Waals surface area contributed by atoms with Crippen molar-refractivity contribution in [3.8, 4) is 0 Å². The lowest BCUT2D eigenvalue weighted by molar-refractivity contribution is -0.138. The number of carbonyl (C=O) groups excluding carboxylic acids is 2. The Labute approximate surface area is 250 Å². The Kier molecular flexibility index (Phi) is 8.00. The molecule has 1 aliphatic heterocycles. The molecule has 41 heavy (non-hydrogen) atoms. The van der Waals surface area contributed by atoms with Gasteiger partial charge in [-0.15, -0.1) is 0 Å². The maximum Gasteiger partial charge on any atom is 0.303 e. The van der Waals surface area contributed by atoms with Gasteiger partial charge in [-0.1, -0.05) is 86.4 Å². The first-order valence-corrected chi connectivity index (χ1v) is 14.4. The van der Waals surface area contributed by atoms with Gasteiger partial charge in [0, 0.05) is 34.2 Å². The quantitative estimate of drug-likeness (QED) is 0.314. The minimum absolute atomic E-state index is 0.0187. The van der Waals surface area contributed by atoms with Crippen LogP contribution in [0.4, 0.5) is 11.4 Å². The van der Waals surface area contributed by atoms with Crippen LogP contribution >= 0.6 is 23.2 Å². The summed E-state index contributed by atoms with van der Waals surface area (Å²) in [6.45, 7) is 6.50. The molecule has 0 radical (unpaired) electrons. The number of anilines is 2. The molecule has 5 rings (SSSR count). The molecule has 2 N–H and O–H groups in total. The minimum Gasteiger partial charge on any atom is -0.481 e. The zero-order valence-corrected chi connectivity index (χ0v) is 24.7. The van der Waals surface area contributed by atoms with E-state index in [1.165, 1.54) is 10.5 Å². The number of nitrogens with one attached hydrogen (secondary N) is 1. The van der Waals surface area contributed by atoms with Crippen molar-refractivity contribution in [3.63, 3.8) is 0 Å². The molecule has 3 aromatic carbocycles. The number of hydrogen-bond donors (Lipinski definition) is 2. The van der Waals surface area contributed by atoms with Crippen molar-refractivity contribution in [2.45, 2.75) is 63.8 Å². The molecule has 2 atom stereocenters. The Morgan fingerprint density at radius 3 is 2.34 bits per heavy atom. The van der Waals surface area contributed by atoms with Crippen LogP contribution in [0.1, 0.15) is 75.1 Å². The number of carboxylic acids is 1. The van der Waals surface area contributed by atoms with Crippen LogP contribution in [0, 0.1) is 0 Å². The second kappa shape index (κ2) is 11.3. The van der Waals surface area contributed by atoms with Gasteiger partial charge in [0.05, 0.1) is 23.8 Å². The zero-order valence-electron chi connectivity index (χ0n) is 23.2. The fourth-order valence-electron chi connectivity index (χ4n) is 5.71. The highest BCUT2D eigenvalue weighted by atomic mass is 35.5. The molecule has 1 heterocycles. The number of hydrogen-bond acceptors (Lipinski definition) is 4. The topological polar surface area (TPSA) is 86.7 Å². The van der Waals surface area contributed by atoms with Crippen LogP contribution in [0.2, 0.25) is 10.0 Å². The van der Waals surface area contributed by atoms with Crippen LogP contribution in [0.5, 0.6) is 0 Å². The molecule has 0 bridgehead atoms. The Hall–Kier alpha value is -3.61. The maximum atomic E-state index is 14.1. The molecular formula is C33H32Cl2N2O4. The molecule has 0 spiro atoms. The minimum atomic E-state index is -1.07. The Morgan fingerprint density at radius 2 is 1.68 bits per heavy atom. The number of carbonyl (C=O) groups is 3. The van der Waals surface area contributed by atoms with Crippen molar-refractivity contribution < 1.29 is 19.5 Å². The largest absolute Gasteiger partial charge is 0.481 e. The second-order valence-electron chi connectivity index (χ2n) is 11.7. The van der Waals surface area contributed by atoms with Crippen molar-refractivity contribution in [2.24, 2.45) is 0 Å². The number of Topliss-reactive ketones (excluding diaryl/α,β-unsaturated/α-hetero) is 1. The standard InChI is InChI=1S/C33H32Cl2N2O4/c1-33(2,3)21-10-8-19(9-11-21)20-16-26-31(28(38)17-20)32(23-13-12-22(34)18-24(23)35)37(29(39)14-15-30(40)41)27-7-5-4-6-25(27)36-26/h4-13,18,20,32,36H,14-17H2,1-3H3,(H,40,41)/t20-,32+/m0/s1. The predicted molar refractivity (Wildman–Crippen MR) is 163 cm³/mol. The molecule has 0 unspecified atom stereocenters. The maximum absolute atomic E-state index is 14.1.